The van der Waals surface area contributed by atoms with E-state index in [1.54, 1.807) is 0 Å². The number of rotatable bonds is 2. The van der Waals surface area contributed by atoms with Crippen molar-refractivity contribution in [2.24, 2.45) is 0 Å². The van der Waals surface area contributed by atoms with E-state index in [0.717, 1.165) is 25.1 Å². The molecule has 0 aliphatic carbocycles. The largest absolute Gasteiger partial charge is 0.313 e. The average Bonchev–Trinajstić information content (AvgIpc) is 2.05. The molecule has 1 nitrogen and oxygen atoms in total. The van der Waals surface area contributed by atoms with Gasteiger partial charge in [0.2, 0.25) is 0 Å². The van der Waals surface area contributed by atoms with Gasteiger partial charge in [-0.05, 0) is 24.1 Å². The Labute approximate surface area is 62.1 Å². The summed E-state index contributed by atoms with van der Waals surface area (Å²) in [7, 11) is 0. The highest BCUT2D eigenvalue weighted by atomic mass is 14.8. The third kappa shape index (κ3) is 1.58. The van der Waals surface area contributed by atoms with Gasteiger partial charge in [0, 0.05) is 6.54 Å². The molecule has 1 N–H and O–H groups in total. The highest BCUT2D eigenvalue weighted by Gasteiger charge is 2.02. The summed E-state index contributed by atoms with van der Waals surface area (Å²) in [5.41, 5.74) is 2.41. The predicted octanol–water partition coefficient (Wildman–Crippen LogP) is 1.65. The molecule has 1 heteroatoms. The molecule has 0 spiro atoms. The summed E-state index contributed by atoms with van der Waals surface area (Å²) in [5.74, 6) is 0. The van der Waals surface area contributed by atoms with Gasteiger partial charge < -0.3 is 5.32 Å². The van der Waals surface area contributed by atoms with Gasteiger partial charge in [0.15, 0.2) is 0 Å². The maximum Gasteiger partial charge on any atom is 0.0140 e. The monoisotopic (exact) mass is 135 g/mol. The Morgan fingerprint density at radius 1 is 1.70 bits per heavy atom. The van der Waals surface area contributed by atoms with Crippen LogP contribution in [0.1, 0.15) is 6.42 Å². The summed E-state index contributed by atoms with van der Waals surface area (Å²) in [6.07, 6.45) is 5.08. The summed E-state index contributed by atoms with van der Waals surface area (Å²) < 4.78 is 0. The fourth-order valence-electron chi connectivity index (χ4n) is 1.05. The van der Waals surface area contributed by atoms with Gasteiger partial charge in [-0.25, -0.2) is 0 Å². The van der Waals surface area contributed by atoms with Crippen LogP contribution in [0.5, 0.6) is 0 Å². The van der Waals surface area contributed by atoms with Gasteiger partial charge in [0.1, 0.15) is 0 Å². The summed E-state index contributed by atoms with van der Waals surface area (Å²) in [6, 6.07) is 0. The van der Waals surface area contributed by atoms with Crippen LogP contribution in [0, 0.1) is 0 Å². The molecule has 0 amide bonds. The van der Waals surface area contributed by atoms with Gasteiger partial charge in [-0.15, -0.1) is 0 Å². The Balaban J connectivity index is 2.61. The number of hydrogen-bond donors (Lipinski definition) is 1. The molecule has 0 radical (unpaired) electrons. The number of hydrogen-bond acceptors (Lipinski definition) is 1. The fraction of sp³-hybridized carbons (Fsp3) is 0.333. The van der Waals surface area contributed by atoms with Crippen molar-refractivity contribution in [2.75, 3.05) is 13.1 Å². The number of allylic oxidation sites excluding steroid dienone is 2. The summed E-state index contributed by atoms with van der Waals surface area (Å²) >= 11 is 0. The van der Waals surface area contributed by atoms with Crippen molar-refractivity contribution in [1.29, 1.82) is 0 Å². The second-order valence-corrected chi connectivity index (χ2v) is 2.41. The Bertz CT molecular complexity index is 177. The third-order valence-electron chi connectivity index (χ3n) is 1.72. The minimum Gasteiger partial charge on any atom is -0.313 e. The van der Waals surface area contributed by atoms with Crippen LogP contribution >= 0.6 is 0 Å². The molecular formula is C9H13N. The molecule has 1 aliphatic heterocycles. The van der Waals surface area contributed by atoms with Crippen LogP contribution in [0.3, 0.4) is 0 Å². The summed E-state index contributed by atoms with van der Waals surface area (Å²) in [6.45, 7) is 9.60. The average molecular weight is 135 g/mol. The van der Waals surface area contributed by atoms with E-state index in [4.69, 9.17) is 0 Å². The Morgan fingerprint density at radius 2 is 2.50 bits per heavy atom. The number of nitrogens with one attached hydrogen (secondary N) is 1. The second-order valence-electron chi connectivity index (χ2n) is 2.41. The van der Waals surface area contributed by atoms with E-state index in [1.165, 1.54) is 5.57 Å². The molecule has 0 fully saturated rings. The van der Waals surface area contributed by atoms with Gasteiger partial charge >= 0.3 is 0 Å². The van der Waals surface area contributed by atoms with Crippen LogP contribution in [0.15, 0.2) is 36.5 Å². The molecule has 0 atom stereocenters. The smallest absolute Gasteiger partial charge is 0.0140 e. The van der Waals surface area contributed by atoms with Gasteiger partial charge in [-0.3, -0.25) is 0 Å². The molecule has 1 heterocycles. The maximum atomic E-state index is 3.88. The van der Waals surface area contributed by atoms with Crippen molar-refractivity contribution in [3.05, 3.63) is 36.5 Å². The molecule has 0 aromatic carbocycles. The van der Waals surface area contributed by atoms with Crippen molar-refractivity contribution in [2.45, 2.75) is 6.42 Å². The standard InChI is InChI=1S/C9H13N/c1-3-8(2)9-4-6-10-7-5-9/h3-4,10H,1-2,5-7H2. The molecule has 0 bridgehead atoms. The zero-order valence-electron chi connectivity index (χ0n) is 6.19. The van der Waals surface area contributed by atoms with Gasteiger partial charge in [0.05, 0.1) is 0 Å². The van der Waals surface area contributed by atoms with Crippen LogP contribution in [0.2, 0.25) is 0 Å². The molecule has 54 valence electrons. The molecule has 1 aliphatic rings. The van der Waals surface area contributed by atoms with Crippen molar-refractivity contribution < 1.29 is 0 Å². The van der Waals surface area contributed by atoms with Crippen LogP contribution in [-0.4, -0.2) is 13.1 Å². The first-order valence-corrected chi connectivity index (χ1v) is 3.56. The highest BCUT2D eigenvalue weighted by molar-refractivity contribution is 5.37. The molecule has 0 aromatic rings. The van der Waals surface area contributed by atoms with Gasteiger partial charge in [0.25, 0.3) is 0 Å². The van der Waals surface area contributed by atoms with Gasteiger partial charge in [-0.1, -0.05) is 25.3 Å². The van der Waals surface area contributed by atoms with Crippen LogP contribution in [0.4, 0.5) is 0 Å². The fourth-order valence-corrected chi connectivity index (χ4v) is 1.05. The van der Waals surface area contributed by atoms with E-state index in [9.17, 15) is 0 Å². The topological polar surface area (TPSA) is 12.0 Å². The van der Waals surface area contributed by atoms with Crippen LogP contribution < -0.4 is 5.32 Å². The van der Waals surface area contributed by atoms with E-state index in [-0.39, 0.29) is 0 Å². The lowest BCUT2D eigenvalue weighted by Gasteiger charge is -2.13. The SMILES string of the molecule is C=CC(=C)C1=CCNCC1. The molecule has 0 saturated heterocycles. The normalized spacial score (nSPS) is 17.8. The molecule has 0 unspecified atom stereocenters. The molecule has 1 rings (SSSR count). The zero-order valence-corrected chi connectivity index (χ0v) is 6.19. The molecular weight excluding hydrogens is 122 g/mol. The minimum absolute atomic E-state index is 0.974. The minimum atomic E-state index is 0.974. The predicted molar refractivity (Wildman–Crippen MR) is 44.9 cm³/mol. The lowest BCUT2D eigenvalue weighted by Crippen LogP contribution is -2.20. The van der Waals surface area contributed by atoms with E-state index in [2.05, 4.69) is 24.6 Å². The first-order valence-electron chi connectivity index (χ1n) is 3.56. The molecule has 0 aromatic heterocycles. The highest BCUT2D eigenvalue weighted by Crippen LogP contribution is 2.13. The Hall–Kier alpha value is -0.820. The quantitative estimate of drug-likeness (QED) is 0.568. The van der Waals surface area contributed by atoms with Gasteiger partial charge in [-0.2, -0.15) is 0 Å². The molecule has 10 heavy (non-hydrogen) atoms. The Morgan fingerprint density at radius 3 is 3.00 bits per heavy atom. The van der Waals surface area contributed by atoms with Crippen molar-refractivity contribution in [1.82, 2.24) is 5.32 Å². The third-order valence-corrected chi connectivity index (χ3v) is 1.72. The first-order chi connectivity index (χ1) is 4.84. The van der Waals surface area contributed by atoms with Crippen LogP contribution in [0.25, 0.3) is 0 Å². The summed E-state index contributed by atoms with van der Waals surface area (Å²) in [4.78, 5) is 0. The van der Waals surface area contributed by atoms with Crippen molar-refractivity contribution in [3.63, 3.8) is 0 Å². The van der Waals surface area contributed by atoms with E-state index in [1.807, 2.05) is 6.08 Å². The van der Waals surface area contributed by atoms with E-state index >= 15 is 0 Å². The van der Waals surface area contributed by atoms with E-state index in [0.29, 0.717) is 0 Å². The second kappa shape index (κ2) is 3.37. The summed E-state index contributed by atoms with van der Waals surface area (Å²) in [5, 5.41) is 3.24. The van der Waals surface area contributed by atoms with Crippen LogP contribution in [-0.2, 0) is 0 Å². The maximum absolute atomic E-state index is 3.88. The lowest BCUT2D eigenvalue weighted by molar-refractivity contribution is 0.710. The van der Waals surface area contributed by atoms with Crippen molar-refractivity contribution in [3.8, 4) is 0 Å². The van der Waals surface area contributed by atoms with E-state index < -0.39 is 0 Å². The Kier molecular flexibility index (Phi) is 2.46. The lowest BCUT2D eigenvalue weighted by atomic mass is 10.0. The first kappa shape index (κ1) is 7.29. The zero-order chi connectivity index (χ0) is 7.40. The molecule has 0 saturated carbocycles. The van der Waals surface area contributed by atoms with Crippen molar-refractivity contribution >= 4 is 0 Å².